The van der Waals surface area contributed by atoms with Crippen LogP contribution >= 0.6 is 46.4 Å². The van der Waals surface area contributed by atoms with Gasteiger partial charge in [0, 0.05) is 16.1 Å². The average molecular weight is 335 g/mol. The molecule has 0 saturated heterocycles. The van der Waals surface area contributed by atoms with Gasteiger partial charge < -0.3 is 5.73 Å². The van der Waals surface area contributed by atoms with Gasteiger partial charge in [0.1, 0.15) is 0 Å². The van der Waals surface area contributed by atoms with Crippen LogP contribution in [0.15, 0.2) is 30.3 Å². The van der Waals surface area contributed by atoms with E-state index in [1.54, 1.807) is 12.1 Å². The van der Waals surface area contributed by atoms with Crippen molar-refractivity contribution in [3.63, 3.8) is 0 Å². The Bertz CT molecular complexity index is 611. The Hall–Kier alpha value is -0.440. The smallest absolute Gasteiger partial charge is 0.0672 e. The Balaban J connectivity index is 2.62. The molecule has 0 amide bonds. The van der Waals surface area contributed by atoms with E-state index in [1.807, 2.05) is 18.2 Å². The van der Waals surface area contributed by atoms with E-state index in [-0.39, 0.29) is 0 Å². The molecule has 0 aliphatic rings. The minimum atomic E-state index is 0.407. The van der Waals surface area contributed by atoms with E-state index in [9.17, 15) is 0 Å². The predicted octanol–water partition coefficient (Wildman–Crippen LogP) is 5.47. The van der Waals surface area contributed by atoms with Crippen LogP contribution < -0.4 is 5.73 Å². The van der Waals surface area contributed by atoms with E-state index in [2.05, 4.69) is 0 Å². The van der Waals surface area contributed by atoms with Gasteiger partial charge in [-0.2, -0.15) is 0 Å². The van der Waals surface area contributed by atoms with Crippen molar-refractivity contribution < 1.29 is 0 Å². The van der Waals surface area contributed by atoms with Crippen LogP contribution in [-0.2, 0) is 6.42 Å². The molecule has 0 bridgehead atoms. The lowest BCUT2D eigenvalue weighted by atomic mass is 10.0. The second kappa shape index (κ2) is 6.34. The molecular weight excluding hydrogens is 324 g/mol. The first-order valence-electron chi connectivity index (χ1n) is 5.67. The van der Waals surface area contributed by atoms with Crippen LogP contribution in [0.25, 0.3) is 11.1 Å². The van der Waals surface area contributed by atoms with Gasteiger partial charge in [-0.05, 0) is 30.7 Å². The summed E-state index contributed by atoms with van der Waals surface area (Å²) in [5, 5.41) is 2.00. The summed E-state index contributed by atoms with van der Waals surface area (Å²) in [5.41, 5.74) is 8.08. The lowest BCUT2D eigenvalue weighted by Gasteiger charge is -2.12. The molecule has 0 aliphatic heterocycles. The van der Waals surface area contributed by atoms with Crippen LogP contribution in [0.4, 0.5) is 0 Å². The number of nitrogens with two attached hydrogens (primary N) is 1. The fraction of sp³-hybridized carbons (Fsp3) is 0.143. The highest BCUT2D eigenvalue weighted by Crippen LogP contribution is 2.40. The van der Waals surface area contributed by atoms with Crippen LogP contribution in [0.3, 0.4) is 0 Å². The summed E-state index contributed by atoms with van der Waals surface area (Å²) in [6, 6.07) is 9.10. The van der Waals surface area contributed by atoms with Crippen LogP contribution in [0.2, 0.25) is 20.1 Å². The van der Waals surface area contributed by atoms with Crippen molar-refractivity contribution in [3.8, 4) is 11.1 Å². The zero-order valence-corrected chi connectivity index (χ0v) is 12.9. The fourth-order valence-electron chi connectivity index (χ4n) is 1.89. The molecule has 0 spiro atoms. The lowest BCUT2D eigenvalue weighted by molar-refractivity contribution is 0.969. The third-order valence-electron chi connectivity index (χ3n) is 2.78. The topological polar surface area (TPSA) is 26.0 Å². The van der Waals surface area contributed by atoms with E-state index in [0.29, 0.717) is 33.1 Å². The number of halogens is 4. The first kappa shape index (κ1) is 15.0. The third-order valence-corrected chi connectivity index (χ3v) is 4.24. The predicted molar refractivity (Wildman–Crippen MR) is 84.7 cm³/mol. The molecule has 0 unspecified atom stereocenters. The van der Waals surface area contributed by atoms with E-state index < -0.39 is 0 Å². The second-order valence-corrected chi connectivity index (χ2v) is 5.67. The number of rotatable bonds is 3. The first-order valence-corrected chi connectivity index (χ1v) is 7.18. The summed E-state index contributed by atoms with van der Waals surface area (Å²) < 4.78 is 0. The highest BCUT2D eigenvalue weighted by Gasteiger charge is 2.13. The fourth-order valence-corrected chi connectivity index (χ4v) is 2.91. The van der Waals surface area contributed by atoms with E-state index in [1.165, 1.54) is 0 Å². The number of hydrogen-bond acceptors (Lipinski definition) is 1. The zero-order chi connectivity index (χ0) is 14.0. The van der Waals surface area contributed by atoms with Gasteiger partial charge in [0.05, 0.1) is 15.1 Å². The monoisotopic (exact) mass is 333 g/mol. The molecule has 2 N–H and O–H groups in total. The second-order valence-electron chi connectivity index (χ2n) is 4.07. The molecule has 19 heavy (non-hydrogen) atoms. The standard InChI is InChI=1S/C14H11Cl4N/c15-9-6-11(14(18)12(16)7-9)10-3-1-2-8(4-5-19)13(10)17/h1-3,6-7H,4-5,19H2. The van der Waals surface area contributed by atoms with Crippen LogP contribution in [0.5, 0.6) is 0 Å². The summed E-state index contributed by atoms with van der Waals surface area (Å²) in [5.74, 6) is 0. The highest BCUT2D eigenvalue weighted by atomic mass is 35.5. The van der Waals surface area contributed by atoms with Gasteiger partial charge in [-0.1, -0.05) is 64.6 Å². The summed E-state index contributed by atoms with van der Waals surface area (Å²) in [6.45, 7) is 0.535. The van der Waals surface area contributed by atoms with E-state index in [4.69, 9.17) is 52.1 Å². The quantitative estimate of drug-likeness (QED) is 0.740. The SMILES string of the molecule is NCCc1cccc(-c2cc(Cl)cc(Cl)c2Cl)c1Cl. The largest absolute Gasteiger partial charge is 0.330 e. The Kier molecular flexibility index (Phi) is 4.99. The minimum absolute atomic E-state index is 0.407. The van der Waals surface area contributed by atoms with Gasteiger partial charge in [0.2, 0.25) is 0 Å². The van der Waals surface area contributed by atoms with E-state index in [0.717, 1.165) is 16.7 Å². The normalized spacial score (nSPS) is 10.8. The van der Waals surface area contributed by atoms with Crippen LogP contribution in [0, 0.1) is 0 Å². The lowest BCUT2D eigenvalue weighted by Crippen LogP contribution is -2.03. The summed E-state index contributed by atoms with van der Waals surface area (Å²) >= 11 is 24.7. The number of benzene rings is 2. The van der Waals surface area contributed by atoms with Crippen LogP contribution in [-0.4, -0.2) is 6.54 Å². The molecule has 0 aliphatic carbocycles. The molecule has 2 rings (SSSR count). The molecule has 0 saturated carbocycles. The van der Waals surface area contributed by atoms with Crippen LogP contribution in [0.1, 0.15) is 5.56 Å². The van der Waals surface area contributed by atoms with Crippen molar-refractivity contribution in [2.24, 2.45) is 5.73 Å². The molecule has 1 nitrogen and oxygen atoms in total. The molecule has 0 fully saturated rings. The summed E-state index contributed by atoms with van der Waals surface area (Å²) in [6.07, 6.45) is 0.707. The Morgan fingerprint density at radius 1 is 0.895 bits per heavy atom. The summed E-state index contributed by atoms with van der Waals surface area (Å²) in [4.78, 5) is 0. The van der Waals surface area contributed by atoms with Crippen molar-refractivity contribution in [2.45, 2.75) is 6.42 Å². The molecular formula is C14H11Cl4N. The van der Waals surface area contributed by atoms with Crippen molar-refractivity contribution in [3.05, 3.63) is 56.0 Å². The molecule has 0 heterocycles. The molecule has 2 aromatic rings. The molecule has 0 radical (unpaired) electrons. The Morgan fingerprint density at radius 3 is 2.32 bits per heavy atom. The van der Waals surface area contributed by atoms with Gasteiger partial charge >= 0.3 is 0 Å². The molecule has 5 heteroatoms. The highest BCUT2D eigenvalue weighted by molar-refractivity contribution is 6.45. The van der Waals surface area contributed by atoms with E-state index >= 15 is 0 Å². The van der Waals surface area contributed by atoms with Gasteiger partial charge in [-0.15, -0.1) is 0 Å². The average Bonchev–Trinajstić information content (AvgIpc) is 2.37. The molecule has 2 aromatic carbocycles. The van der Waals surface area contributed by atoms with Gasteiger partial charge in [-0.25, -0.2) is 0 Å². The Labute approximate surface area is 132 Å². The van der Waals surface area contributed by atoms with Gasteiger partial charge in [0.25, 0.3) is 0 Å². The van der Waals surface area contributed by atoms with Gasteiger partial charge in [-0.3, -0.25) is 0 Å². The maximum Gasteiger partial charge on any atom is 0.0672 e. The van der Waals surface area contributed by atoms with Crippen molar-refractivity contribution in [2.75, 3.05) is 6.54 Å². The minimum Gasteiger partial charge on any atom is -0.330 e. The first-order chi connectivity index (χ1) is 9.04. The third kappa shape index (κ3) is 3.18. The van der Waals surface area contributed by atoms with Crippen molar-refractivity contribution in [1.82, 2.24) is 0 Å². The van der Waals surface area contributed by atoms with Crippen molar-refractivity contribution in [1.29, 1.82) is 0 Å². The molecule has 100 valence electrons. The van der Waals surface area contributed by atoms with Crippen molar-refractivity contribution >= 4 is 46.4 Å². The summed E-state index contributed by atoms with van der Waals surface area (Å²) in [7, 11) is 0. The maximum atomic E-state index is 6.40. The molecule has 0 atom stereocenters. The Morgan fingerprint density at radius 2 is 1.63 bits per heavy atom. The number of hydrogen-bond donors (Lipinski definition) is 1. The maximum absolute atomic E-state index is 6.40. The zero-order valence-electron chi connectivity index (χ0n) is 9.89. The molecule has 0 aromatic heterocycles. The van der Waals surface area contributed by atoms with Gasteiger partial charge in [0.15, 0.2) is 0 Å².